The van der Waals surface area contributed by atoms with Crippen molar-refractivity contribution < 1.29 is 18.7 Å². The molecule has 2 aromatic carbocycles. The van der Waals surface area contributed by atoms with Gasteiger partial charge in [-0.3, -0.25) is 9.69 Å². The normalized spacial score (nSPS) is 14.8. The minimum atomic E-state index is -0.327. The van der Waals surface area contributed by atoms with Gasteiger partial charge in [-0.05, 0) is 43.3 Å². The molecule has 1 atom stereocenters. The molecule has 1 aromatic heterocycles. The number of fused-ring (bicyclic) bond motifs is 1. The number of nitrogens with zero attached hydrogens (tertiary/aromatic N) is 4. The SMILES string of the molecule is COc1cccc(C(=O)N[C@@H](C)c2nnc3n2CCN(Cc2cc(OC)ccc2F)CC3)c1. The quantitative estimate of drug-likeness (QED) is 0.592. The first-order chi connectivity index (χ1) is 16.0. The Labute approximate surface area is 192 Å². The number of rotatable bonds is 7. The van der Waals surface area contributed by atoms with Crippen molar-refractivity contribution in [3.05, 3.63) is 71.1 Å². The molecule has 0 radical (unpaired) electrons. The average molecular weight is 454 g/mol. The van der Waals surface area contributed by atoms with Gasteiger partial charge in [0.15, 0.2) is 5.82 Å². The van der Waals surface area contributed by atoms with Gasteiger partial charge in [0.1, 0.15) is 23.1 Å². The van der Waals surface area contributed by atoms with E-state index in [1.54, 1.807) is 50.6 Å². The maximum Gasteiger partial charge on any atom is 0.251 e. The first kappa shape index (κ1) is 22.7. The zero-order valence-corrected chi connectivity index (χ0v) is 19.0. The minimum absolute atomic E-state index is 0.206. The standard InChI is InChI=1S/C24H28FN5O3/c1-16(26-24(31)17-5-4-6-19(13-17)32-2)23-28-27-22-9-10-29(11-12-30(22)23)15-18-14-20(33-3)7-8-21(18)25/h4-8,13-14,16H,9-12,15H2,1-3H3,(H,26,31)/t16-/m0/s1. The Balaban J connectivity index is 1.43. The fourth-order valence-electron chi connectivity index (χ4n) is 4.02. The van der Waals surface area contributed by atoms with Crippen LogP contribution >= 0.6 is 0 Å². The van der Waals surface area contributed by atoms with E-state index in [-0.39, 0.29) is 17.8 Å². The van der Waals surface area contributed by atoms with E-state index in [1.165, 1.54) is 6.07 Å². The lowest BCUT2D eigenvalue weighted by Crippen LogP contribution is -2.30. The van der Waals surface area contributed by atoms with Crippen LogP contribution in [0.5, 0.6) is 11.5 Å². The Bertz CT molecular complexity index is 1130. The van der Waals surface area contributed by atoms with Crippen LogP contribution in [0.3, 0.4) is 0 Å². The number of amides is 1. The van der Waals surface area contributed by atoms with Gasteiger partial charge in [0.2, 0.25) is 0 Å². The maximum absolute atomic E-state index is 14.3. The molecule has 0 bridgehead atoms. The van der Waals surface area contributed by atoms with Crippen LogP contribution in [0.2, 0.25) is 0 Å². The molecule has 2 heterocycles. The zero-order chi connectivity index (χ0) is 23.4. The van der Waals surface area contributed by atoms with Crippen molar-refractivity contribution in [3.63, 3.8) is 0 Å². The predicted octanol–water partition coefficient (Wildman–Crippen LogP) is 2.98. The van der Waals surface area contributed by atoms with E-state index in [9.17, 15) is 9.18 Å². The van der Waals surface area contributed by atoms with Gasteiger partial charge in [-0.1, -0.05) is 6.07 Å². The summed E-state index contributed by atoms with van der Waals surface area (Å²) in [7, 11) is 3.14. The van der Waals surface area contributed by atoms with Gasteiger partial charge in [0.05, 0.1) is 20.3 Å². The number of halogens is 1. The summed E-state index contributed by atoms with van der Waals surface area (Å²) in [5, 5.41) is 11.7. The summed E-state index contributed by atoms with van der Waals surface area (Å²) >= 11 is 0. The molecule has 4 rings (SSSR count). The number of nitrogens with one attached hydrogen (secondary N) is 1. The Morgan fingerprint density at radius 1 is 1.09 bits per heavy atom. The van der Waals surface area contributed by atoms with Gasteiger partial charge < -0.3 is 19.4 Å². The summed E-state index contributed by atoms with van der Waals surface area (Å²) in [6.45, 7) is 4.48. The van der Waals surface area contributed by atoms with Crippen LogP contribution < -0.4 is 14.8 Å². The van der Waals surface area contributed by atoms with Crippen molar-refractivity contribution in [2.75, 3.05) is 27.3 Å². The summed E-state index contributed by atoms with van der Waals surface area (Å²) in [4.78, 5) is 14.9. The van der Waals surface area contributed by atoms with Gasteiger partial charge in [0.25, 0.3) is 5.91 Å². The lowest BCUT2D eigenvalue weighted by Gasteiger charge is -2.21. The Morgan fingerprint density at radius 3 is 2.67 bits per heavy atom. The van der Waals surface area contributed by atoms with Crippen molar-refractivity contribution in [1.82, 2.24) is 25.0 Å². The van der Waals surface area contributed by atoms with Crippen LogP contribution in [0.25, 0.3) is 0 Å². The first-order valence-corrected chi connectivity index (χ1v) is 10.9. The van der Waals surface area contributed by atoms with Crippen LogP contribution in [0.1, 0.15) is 40.5 Å². The second-order valence-corrected chi connectivity index (χ2v) is 8.04. The Kier molecular flexibility index (Phi) is 6.88. The molecular formula is C24H28FN5O3. The lowest BCUT2D eigenvalue weighted by atomic mass is 10.2. The number of aromatic nitrogens is 3. The average Bonchev–Trinajstić information content (AvgIpc) is 3.14. The second-order valence-electron chi connectivity index (χ2n) is 8.04. The summed E-state index contributed by atoms with van der Waals surface area (Å²) in [5.74, 6) is 2.38. The fraction of sp³-hybridized carbons (Fsp3) is 0.375. The van der Waals surface area contributed by atoms with Crippen molar-refractivity contribution >= 4 is 5.91 Å². The molecule has 0 unspecified atom stereocenters. The molecule has 1 aliphatic rings. The van der Waals surface area contributed by atoms with E-state index < -0.39 is 0 Å². The maximum atomic E-state index is 14.3. The highest BCUT2D eigenvalue weighted by molar-refractivity contribution is 5.94. The van der Waals surface area contributed by atoms with Crippen LogP contribution in [-0.4, -0.2) is 52.9 Å². The van der Waals surface area contributed by atoms with Gasteiger partial charge >= 0.3 is 0 Å². The zero-order valence-electron chi connectivity index (χ0n) is 19.0. The predicted molar refractivity (Wildman–Crippen MR) is 121 cm³/mol. The molecule has 33 heavy (non-hydrogen) atoms. The molecule has 0 saturated heterocycles. The number of carbonyl (C=O) groups excluding carboxylic acids is 1. The molecule has 3 aromatic rings. The smallest absolute Gasteiger partial charge is 0.251 e. The Morgan fingerprint density at radius 2 is 1.88 bits per heavy atom. The minimum Gasteiger partial charge on any atom is -0.497 e. The number of methoxy groups -OCH3 is 2. The molecule has 1 aliphatic heterocycles. The van der Waals surface area contributed by atoms with Gasteiger partial charge in [0, 0.05) is 43.7 Å². The van der Waals surface area contributed by atoms with Gasteiger partial charge in [-0.2, -0.15) is 0 Å². The number of benzene rings is 2. The highest BCUT2D eigenvalue weighted by atomic mass is 19.1. The van der Waals surface area contributed by atoms with Crippen molar-refractivity contribution in [1.29, 1.82) is 0 Å². The van der Waals surface area contributed by atoms with E-state index in [2.05, 4.69) is 25.0 Å². The first-order valence-electron chi connectivity index (χ1n) is 10.9. The molecule has 0 aliphatic carbocycles. The third kappa shape index (κ3) is 5.14. The molecule has 0 spiro atoms. The van der Waals surface area contributed by atoms with E-state index in [1.807, 2.05) is 6.92 Å². The molecular weight excluding hydrogens is 425 g/mol. The molecule has 1 amide bonds. The number of ether oxygens (including phenoxy) is 2. The highest BCUT2D eigenvalue weighted by Crippen LogP contribution is 2.21. The second kappa shape index (κ2) is 9.99. The molecule has 9 heteroatoms. The summed E-state index contributed by atoms with van der Waals surface area (Å²) in [5.41, 5.74) is 1.12. The molecule has 0 saturated carbocycles. The van der Waals surface area contributed by atoms with E-state index in [0.717, 1.165) is 12.4 Å². The summed E-state index contributed by atoms with van der Waals surface area (Å²) in [6.07, 6.45) is 0.690. The molecule has 174 valence electrons. The summed E-state index contributed by atoms with van der Waals surface area (Å²) < 4.78 is 26.8. The van der Waals surface area contributed by atoms with Crippen molar-refractivity contribution in [2.24, 2.45) is 0 Å². The highest BCUT2D eigenvalue weighted by Gasteiger charge is 2.23. The number of carbonyl (C=O) groups is 1. The topological polar surface area (TPSA) is 81.5 Å². The van der Waals surface area contributed by atoms with E-state index >= 15 is 0 Å². The monoisotopic (exact) mass is 453 g/mol. The lowest BCUT2D eigenvalue weighted by molar-refractivity contribution is 0.0937. The van der Waals surface area contributed by atoms with Crippen molar-refractivity contribution in [3.8, 4) is 11.5 Å². The van der Waals surface area contributed by atoms with Crippen molar-refractivity contribution in [2.45, 2.75) is 32.5 Å². The third-order valence-corrected chi connectivity index (χ3v) is 5.86. The van der Waals surface area contributed by atoms with Crippen LogP contribution in [0.4, 0.5) is 4.39 Å². The van der Waals surface area contributed by atoms with E-state index in [4.69, 9.17) is 9.47 Å². The summed E-state index contributed by atoms with van der Waals surface area (Å²) in [6, 6.07) is 11.5. The molecule has 0 fully saturated rings. The van der Waals surface area contributed by atoms with Crippen LogP contribution in [0, 0.1) is 5.82 Å². The Hall–Kier alpha value is -3.46. The largest absolute Gasteiger partial charge is 0.497 e. The fourth-order valence-corrected chi connectivity index (χ4v) is 4.02. The third-order valence-electron chi connectivity index (χ3n) is 5.86. The van der Waals surface area contributed by atoms with Crippen LogP contribution in [0.15, 0.2) is 42.5 Å². The number of hydrogen-bond donors (Lipinski definition) is 1. The van der Waals surface area contributed by atoms with Crippen LogP contribution in [-0.2, 0) is 19.5 Å². The van der Waals surface area contributed by atoms with E-state index in [0.29, 0.717) is 54.5 Å². The van der Waals surface area contributed by atoms with Gasteiger partial charge in [-0.15, -0.1) is 10.2 Å². The molecule has 1 N–H and O–H groups in total. The number of hydrogen-bond acceptors (Lipinski definition) is 6. The van der Waals surface area contributed by atoms with Gasteiger partial charge in [-0.25, -0.2) is 4.39 Å². The molecule has 8 nitrogen and oxygen atoms in total.